The average molecular weight is 408 g/mol. The van der Waals surface area contributed by atoms with Crippen LogP contribution in [0.15, 0.2) is 48.5 Å². The Morgan fingerprint density at radius 1 is 1.07 bits per heavy atom. The smallest absolute Gasteiger partial charge is 0.309 e. The first-order valence-electron chi connectivity index (χ1n) is 10.5. The van der Waals surface area contributed by atoms with Crippen molar-refractivity contribution in [2.75, 3.05) is 19.5 Å². The van der Waals surface area contributed by atoms with Crippen LogP contribution in [0.4, 0.5) is 5.69 Å². The molecule has 1 saturated carbocycles. The number of carbonyl (C=O) groups excluding carboxylic acids is 2. The minimum Gasteiger partial charge on any atom is -0.469 e. The number of methoxy groups -OCH3 is 2. The van der Waals surface area contributed by atoms with E-state index < -0.39 is 5.92 Å². The van der Waals surface area contributed by atoms with E-state index in [0.717, 1.165) is 5.69 Å². The molecule has 1 aliphatic carbocycles. The van der Waals surface area contributed by atoms with Gasteiger partial charge < -0.3 is 14.8 Å². The zero-order valence-electron chi connectivity index (χ0n) is 18.0. The van der Waals surface area contributed by atoms with Crippen molar-refractivity contribution in [2.24, 2.45) is 17.8 Å². The summed E-state index contributed by atoms with van der Waals surface area (Å²) in [5.74, 6) is -1.48. The molecule has 1 fully saturated rings. The molecule has 0 bridgehead atoms. The molecule has 4 rings (SSSR count). The summed E-state index contributed by atoms with van der Waals surface area (Å²) in [7, 11) is 2.82. The highest BCUT2D eigenvalue weighted by atomic mass is 16.5. The van der Waals surface area contributed by atoms with Crippen molar-refractivity contribution in [2.45, 2.75) is 38.1 Å². The summed E-state index contributed by atoms with van der Waals surface area (Å²) in [6, 6.07) is 17.0. The van der Waals surface area contributed by atoms with Crippen LogP contribution in [0.25, 0.3) is 0 Å². The molecule has 0 amide bonds. The molecule has 2 aliphatic rings. The number of ether oxygens (including phenoxy) is 2. The Kier molecular flexibility index (Phi) is 5.31. The van der Waals surface area contributed by atoms with Crippen molar-refractivity contribution in [1.29, 1.82) is 0 Å². The van der Waals surface area contributed by atoms with Gasteiger partial charge in [-0.1, -0.05) is 55.0 Å². The van der Waals surface area contributed by atoms with E-state index in [1.54, 1.807) is 0 Å². The number of benzene rings is 2. The number of carbonyl (C=O) groups is 2. The van der Waals surface area contributed by atoms with Crippen LogP contribution in [0.5, 0.6) is 0 Å². The largest absolute Gasteiger partial charge is 0.469 e. The third-order valence-electron chi connectivity index (χ3n) is 7.18. The molecule has 1 N–H and O–H groups in total. The van der Waals surface area contributed by atoms with Crippen molar-refractivity contribution in [3.05, 3.63) is 65.2 Å². The number of fused-ring (bicyclic) bond motifs is 3. The van der Waals surface area contributed by atoms with E-state index in [-0.39, 0.29) is 35.2 Å². The highest BCUT2D eigenvalue weighted by molar-refractivity contribution is 5.78. The Morgan fingerprint density at radius 3 is 2.43 bits per heavy atom. The van der Waals surface area contributed by atoms with Gasteiger partial charge in [-0.2, -0.15) is 0 Å². The molecule has 2 aromatic carbocycles. The van der Waals surface area contributed by atoms with Gasteiger partial charge in [0, 0.05) is 17.1 Å². The molecule has 30 heavy (non-hydrogen) atoms. The lowest BCUT2D eigenvalue weighted by Crippen LogP contribution is -2.52. The van der Waals surface area contributed by atoms with Crippen molar-refractivity contribution in [3.8, 4) is 0 Å². The van der Waals surface area contributed by atoms with Crippen molar-refractivity contribution < 1.29 is 19.1 Å². The number of esters is 2. The molecule has 0 aromatic heterocycles. The van der Waals surface area contributed by atoms with Crippen molar-refractivity contribution >= 4 is 17.6 Å². The minimum absolute atomic E-state index is 0.0793. The number of rotatable bonds is 4. The molecule has 2 aromatic rings. The summed E-state index contributed by atoms with van der Waals surface area (Å²) in [5, 5.41) is 3.71. The second-order valence-electron chi connectivity index (χ2n) is 8.63. The van der Waals surface area contributed by atoms with Crippen molar-refractivity contribution in [3.63, 3.8) is 0 Å². The van der Waals surface area contributed by atoms with Gasteiger partial charge in [-0.05, 0) is 42.9 Å². The maximum absolute atomic E-state index is 12.9. The number of aryl methyl sites for hydroxylation is 1. The van der Waals surface area contributed by atoms with E-state index in [9.17, 15) is 9.59 Å². The molecule has 5 atom stereocenters. The maximum atomic E-state index is 12.9. The first kappa shape index (κ1) is 20.5. The number of para-hydroxylation sites is 1. The fourth-order valence-corrected chi connectivity index (χ4v) is 5.59. The van der Waals surface area contributed by atoms with E-state index in [0.29, 0.717) is 12.8 Å². The number of nitrogens with one attached hydrogen (secondary N) is 1. The molecular formula is C25H29NO4. The second-order valence-corrected chi connectivity index (χ2v) is 8.63. The standard InChI is InChI=1S/C25H29NO4/c1-15-9-11-17(12-10-15)25-14-19(24(28)30-4)18(16(2)23(27)29-3)13-22(25)26-21-8-6-5-7-20(21)25/h5-12,16,18-19,22,26H,13-14H2,1-4H3/t16?,18?,19-,22+,25-/m1/s1. The van der Waals surface area contributed by atoms with Crippen molar-refractivity contribution in [1.82, 2.24) is 0 Å². The van der Waals surface area contributed by atoms with Gasteiger partial charge in [-0.15, -0.1) is 0 Å². The zero-order valence-corrected chi connectivity index (χ0v) is 18.0. The van der Waals surface area contributed by atoms with Crippen LogP contribution in [0.3, 0.4) is 0 Å². The molecule has 1 aliphatic heterocycles. The van der Waals surface area contributed by atoms with Crippen LogP contribution < -0.4 is 5.32 Å². The number of anilines is 1. The second kappa shape index (κ2) is 7.78. The van der Waals surface area contributed by atoms with Gasteiger partial charge in [-0.3, -0.25) is 9.59 Å². The van der Waals surface area contributed by atoms with E-state index in [1.165, 1.54) is 30.9 Å². The van der Waals surface area contributed by atoms with Gasteiger partial charge in [0.1, 0.15) is 0 Å². The molecule has 0 radical (unpaired) electrons. The van der Waals surface area contributed by atoms with E-state index in [4.69, 9.17) is 9.47 Å². The van der Waals surface area contributed by atoms with Gasteiger partial charge in [-0.25, -0.2) is 0 Å². The van der Waals surface area contributed by atoms with E-state index >= 15 is 0 Å². The van der Waals surface area contributed by atoms with E-state index in [1.807, 2.05) is 13.0 Å². The molecule has 5 nitrogen and oxygen atoms in total. The topological polar surface area (TPSA) is 64.6 Å². The summed E-state index contributed by atoms with van der Waals surface area (Å²) < 4.78 is 10.2. The van der Waals surface area contributed by atoms with Gasteiger partial charge in [0.05, 0.1) is 26.1 Å². The highest BCUT2D eigenvalue weighted by Crippen LogP contribution is 2.56. The molecule has 0 spiro atoms. The highest BCUT2D eigenvalue weighted by Gasteiger charge is 2.57. The van der Waals surface area contributed by atoms with Crippen LogP contribution in [0.1, 0.15) is 36.5 Å². The molecule has 1 heterocycles. The molecular weight excluding hydrogens is 378 g/mol. The molecule has 158 valence electrons. The predicted octanol–water partition coefficient (Wildman–Crippen LogP) is 4.08. The number of hydrogen-bond acceptors (Lipinski definition) is 5. The number of hydrogen-bond donors (Lipinski definition) is 1. The predicted molar refractivity (Wildman–Crippen MR) is 115 cm³/mol. The minimum atomic E-state index is -0.394. The van der Waals surface area contributed by atoms with Crippen LogP contribution in [0.2, 0.25) is 0 Å². The first-order chi connectivity index (χ1) is 14.4. The lowest BCUT2D eigenvalue weighted by molar-refractivity contribution is -0.155. The SMILES string of the molecule is COC(=O)C(C)C1C[C@@H]2Nc3ccccc3[C@]2(c2ccc(C)cc2)C[C@H]1C(=O)OC. The summed E-state index contributed by atoms with van der Waals surface area (Å²) in [6.07, 6.45) is 1.27. The lowest BCUT2D eigenvalue weighted by Gasteiger charge is -2.47. The average Bonchev–Trinajstić information content (AvgIpc) is 3.11. The van der Waals surface area contributed by atoms with Crippen LogP contribution >= 0.6 is 0 Å². The van der Waals surface area contributed by atoms with Crippen LogP contribution in [-0.2, 0) is 24.5 Å². The summed E-state index contributed by atoms with van der Waals surface area (Å²) in [4.78, 5) is 25.3. The van der Waals surface area contributed by atoms with Gasteiger partial charge in [0.25, 0.3) is 0 Å². The monoisotopic (exact) mass is 407 g/mol. The Labute approximate surface area is 177 Å². The third kappa shape index (κ3) is 3.08. The summed E-state index contributed by atoms with van der Waals surface area (Å²) in [5.41, 5.74) is 4.34. The van der Waals surface area contributed by atoms with Crippen LogP contribution in [-0.4, -0.2) is 32.2 Å². The Hall–Kier alpha value is -2.82. The lowest BCUT2D eigenvalue weighted by atomic mass is 9.56. The summed E-state index contributed by atoms with van der Waals surface area (Å²) in [6.45, 7) is 3.93. The maximum Gasteiger partial charge on any atom is 0.309 e. The quantitative estimate of drug-likeness (QED) is 0.774. The van der Waals surface area contributed by atoms with E-state index in [2.05, 4.69) is 54.7 Å². The molecule has 5 heteroatoms. The van der Waals surface area contributed by atoms with Gasteiger partial charge in [0.2, 0.25) is 0 Å². The zero-order chi connectivity index (χ0) is 21.5. The Balaban J connectivity index is 1.85. The fourth-order valence-electron chi connectivity index (χ4n) is 5.59. The first-order valence-corrected chi connectivity index (χ1v) is 10.5. The van der Waals surface area contributed by atoms with Gasteiger partial charge >= 0.3 is 11.9 Å². The molecule has 0 saturated heterocycles. The molecule has 2 unspecified atom stereocenters. The fraction of sp³-hybridized carbons (Fsp3) is 0.440. The Morgan fingerprint density at radius 2 is 1.77 bits per heavy atom. The normalized spacial score (nSPS) is 27.9. The van der Waals surface area contributed by atoms with Gasteiger partial charge in [0.15, 0.2) is 0 Å². The van der Waals surface area contributed by atoms with Crippen LogP contribution in [0, 0.1) is 24.7 Å². The summed E-state index contributed by atoms with van der Waals surface area (Å²) >= 11 is 0. The Bertz CT molecular complexity index is 954. The third-order valence-corrected chi connectivity index (χ3v) is 7.18.